The van der Waals surface area contributed by atoms with Gasteiger partial charge in [0.1, 0.15) is 23.9 Å². The molecule has 18 heavy (non-hydrogen) atoms. The molecule has 5 nitrogen and oxygen atoms in total. The van der Waals surface area contributed by atoms with Gasteiger partial charge in [0.2, 0.25) is 0 Å². The lowest BCUT2D eigenvalue weighted by Gasteiger charge is -2.06. The fourth-order valence-electron chi connectivity index (χ4n) is 1.11. The second kappa shape index (κ2) is 5.92. The van der Waals surface area contributed by atoms with Gasteiger partial charge >= 0.3 is 0 Å². The maximum absolute atomic E-state index is 8.86. The second-order valence-electron chi connectivity index (χ2n) is 3.02. The zero-order valence-electron chi connectivity index (χ0n) is 8.90. The lowest BCUT2D eigenvalue weighted by Crippen LogP contribution is -2.01. The van der Waals surface area contributed by atoms with E-state index in [-0.39, 0.29) is 22.0 Å². The summed E-state index contributed by atoms with van der Waals surface area (Å²) in [4.78, 5) is 0. The number of nitrogens with one attached hydrogen (secondary N) is 1. The number of allylic oxidation sites excluding steroid dienone is 2. The Bertz CT molecular complexity index is 660. The molecule has 0 saturated carbocycles. The van der Waals surface area contributed by atoms with E-state index >= 15 is 0 Å². The molecule has 0 aliphatic carbocycles. The van der Waals surface area contributed by atoms with Crippen molar-refractivity contribution in [1.29, 1.82) is 21.0 Å². The maximum Gasteiger partial charge on any atom is 0.163 e. The van der Waals surface area contributed by atoms with Crippen LogP contribution in [0.15, 0.2) is 29.5 Å². The number of nitriles is 4. The minimum atomic E-state index is -0.351. The molecule has 0 unspecified atom stereocenters. The summed E-state index contributed by atoms with van der Waals surface area (Å²) in [6.07, 6.45) is 0. The summed E-state index contributed by atoms with van der Waals surface area (Å²) in [6, 6.07) is 11.2. The number of halogens is 1. The van der Waals surface area contributed by atoms with Crippen molar-refractivity contribution in [3.05, 3.63) is 40.1 Å². The highest BCUT2D eigenvalue weighted by molar-refractivity contribution is 6.33. The van der Waals surface area contributed by atoms with E-state index < -0.39 is 0 Å². The van der Waals surface area contributed by atoms with Crippen LogP contribution in [0.3, 0.4) is 0 Å². The van der Waals surface area contributed by atoms with Crippen molar-refractivity contribution in [3.63, 3.8) is 0 Å². The van der Waals surface area contributed by atoms with Crippen LogP contribution >= 0.6 is 11.6 Å². The molecule has 0 saturated heterocycles. The zero-order chi connectivity index (χ0) is 13.5. The van der Waals surface area contributed by atoms with Gasteiger partial charge in [0.15, 0.2) is 5.57 Å². The molecule has 1 rings (SSSR count). The predicted molar refractivity (Wildman–Crippen MR) is 63.7 cm³/mol. The summed E-state index contributed by atoms with van der Waals surface area (Å²) in [6.45, 7) is 0. The summed E-state index contributed by atoms with van der Waals surface area (Å²) in [5.41, 5.74) is 0.0674. The number of benzene rings is 1. The SMILES string of the molecule is N#CC(C#N)=C(C#N)Nc1cc(C#N)ccc1Cl. The molecule has 0 atom stereocenters. The van der Waals surface area contributed by atoms with Crippen LogP contribution in [0.25, 0.3) is 0 Å². The minimum absolute atomic E-state index is 0.211. The highest BCUT2D eigenvalue weighted by Crippen LogP contribution is 2.24. The third kappa shape index (κ3) is 2.77. The van der Waals surface area contributed by atoms with Gasteiger partial charge in [-0.05, 0) is 18.2 Å². The number of nitrogens with zero attached hydrogens (tertiary/aromatic N) is 4. The van der Waals surface area contributed by atoms with Crippen molar-refractivity contribution in [2.75, 3.05) is 5.32 Å². The largest absolute Gasteiger partial charge is 0.344 e. The summed E-state index contributed by atoms with van der Waals surface area (Å²) in [5.74, 6) is 0. The van der Waals surface area contributed by atoms with Gasteiger partial charge in [-0.2, -0.15) is 21.0 Å². The van der Waals surface area contributed by atoms with Gasteiger partial charge in [0, 0.05) is 0 Å². The van der Waals surface area contributed by atoms with Gasteiger partial charge in [-0.3, -0.25) is 0 Å². The summed E-state index contributed by atoms with van der Waals surface area (Å²) in [7, 11) is 0. The van der Waals surface area contributed by atoms with Gasteiger partial charge in [0.05, 0.1) is 22.3 Å². The van der Waals surface area contributed by atoms with Crippen LogP contribution < -0.4 is 5.32 Å². The molecule has 0 aliphatic rings. The van der Waals surface area contributed by atoms with Gasteiger partial charge in [-0.25, -0.2) is 0 Å². The minimum Gasteiger partial charge on any atom is -0.344 e. The third-order valence-corrected chi connectivity index (χ3v) is 2.27. The topological polar surface area (TPSA) is 107 Å². The fraction of sp³-hybridized carbons (Fsp3) is 0. The van der Waals surface area contributed by atoms with Gasteiger partial charge in [-0.15, -0.1) is 0 Å². The highest BCUT2D eigenvalue weighted by Gasteiger charge is 2.09. The third-order valence-electron chi connectivity index (χ3n) is 1.94. The molecule has 0 spiro atoms. The molecule has 0 heterocycles. The molecule has 1 aromatic carbocycles. The quantitative estimate of drug-likeness (QED) is 0.815. The Balaban J connectivity index is 3.25. The van der Waals surface area contributed by atoms with Crippen LogP contribution in [0.2, 0.25) is 5.02 Å². The summed E-state index contributed by atoms with van der Waals surface area (Å²) < 4.78 is 0. The Kier molecular flexibility index (Phi) is 4.30. The van der Waals surface area contributed by atoms with Crippen molar-refractivity contribution < 1.29 is 0 Å². The van der Waals surface area contributed by atoms with E-state index in [0.29, 0.717) is 5.56 Å². The van der Waals surface area contributed by atoms with Gasteiger partial charge in [0.25, 0.3) is 0 Å². The first kappa shape index (κ1) is 13.1. The Hall–Kier alpha value is -2.99. The van der Waals surface area contributed by atoms with E-state index in [0.717, 1.165) is 0 Å². The Morgan fingerprint density at radius 1 is 1.06 bits per heavy atom. The Labute approximate surface area is 108 Å². The summed E-state index contributed by atoms with van der Waals surface area (Å²) in [5, 5.41) is 37.8. The molecule has 6 heteroatoms. The smallest absolute Gasteiger partial charge is 0.163 e. The molecule has 1 N–H and O–H groups in total. The number of hydrogen-bond acceptors (Lipinski definition) is 5. The Morgan fingerprint density at radius 3 is 2.22 bits per heavy atom. The first-order chi connectivity index (χ1) is 8.65. The molecule has 84 valence electrons. The molecular formula is C12H4ClN5. The van der Waals surface area contributed by atoms with Crippen LogP contribution in [0.1, 0.15) is 5.56 Å². The van der Waals surface area contributed by atoms with Crippen molar-refractivity contribution in [3.8, 4) is 24.3 Å². The van der Waals surface area contributed by atoms with Crippen molar-refractivity contribution in [2.24, 2.45) is 0 Å². The first-order valence-electron chi connectivity index (χ1n) is 4.57. The highest BCUT2D eigenvalue weighted by atomic mass is 35.5. The van der Waals surface area contributed by atoms with Crippen molar-refractivity contribution in [1.82, 2.24) is 0 Å². The van der Waals surface area contributed by atoms with E-state index in [4.69, 9.17) is 32.6 Å². The summed E-state index contributed by atoms with van der Waals surface area (Å²) >= 11 is 5.88. The van der Waals surface area contributed by atoms with E-state index in [1.807, 2.05) is 6.07 Å². The number of anilines is 1. The lowest BCUT2D eigenvalue weighted by molar-refractivity contribution is 1.37. The van der Waals surface area contributed by atoms with Crippen LogP contribution in [-0.4, -0.2) is 0 Å². The molecule has 0 fully saturated rings. The van der Waals surface area contributed by atoms with E-state index in [1.165, 1.54) is 18.2 Å². The Morgan fingerprint density at radius 2 is 1.72 bits per heavy atom. The van der Waals surface area contributed by atoms with Crippen molar-refractivity contribution >= 4 is 17.3 Å². The normalized spacial score (nSPS) is 8.06. The van der Waals surface area contributed by atoms with Crippen LogP contribution in [0.4, 0.5) is 5.69 Å². The van der Waals surface area contributed by atoms with Crippen LogP contribution in [0, 0.1) is 45.3 Å². The average molecular weight is 254 g/mol. The molecular weight excluding hydrogens is 250 g/mol. The monoisotopic (exact) mass is 253 g/mol. The standard InChI is InChI=1S/C12H4ClN5/c13-10-2-1-8(4-14)3-11(10)18-12(7-17)9(5-15)6-16/h1-3,18H. The maximum atomic E-state index is 8.86. The van der Waals surface area contributed by atoms with Gasteiger partial charge < -0.3 is 5.32 Å². The van der Waals surface area contributed by atoms with E-state index in [9.17, 15) is 0 Å². The molecule has 0 aromatic heterocycles. The molecule has 0 radical (unpaired) electrons. The average Bonchev–Trinajstić information content (AvgIpc) is 2.40. The van der Waals surface area contributed by atoms with Gasteiger partial charge in [-0.1, -0.05) is 11.6 Å². The molecule has 0 amide bonds. The number of hydrogen-bond donors (Lipinski definition) is 1. The fourth-order valence-corrected chi connectivity index (χ4v) is 1.27. The van der Waals surface area contributed by atoms with Crippen molar-refractivity contribution in [2.45, 2.75) is 0 Å². The zero-order valence-corrected chi connectivity index (χ0v) is 9.65. The van der Waals surface area contributed by atoms with E-state index in [2.05, 4.69) is 5.32 Å². The molecule has 0 bridgehead atoms. The predicted octanol–water partition coefficient (Wildman–Crippen LogP) is 2.45. The van der Waals surface area contributed by atoms with E-state index in [1.54, 1.807) is 18.2 Å². The van der Waals surface area contributed by atoms with Crippen LogP contribution in [0.5, 0.6) is 0 Å². The molecule has 0 aliphatic heterocycles. The first-order valence-corrected chi connectivity index (χ1v) is 4.95. The van der Waals surface area contributed by atoms with Crippen LogP contribution in [-0.2, 0) is 0 Å². The molecule has 1 aromatic rings. The number of rotatable bonds is 2. The second-order valence-corrected chi connectivity index (χ2v) is 3.42. The lowest BCUT2D eigenvalue weighted by atomic mass is 10.2.